The number of benzene rings is 1. The first-order valence-electron chi connectivity index (χ1n) is 5.70. The highest BCUT2D eigenvalue weighted by atomic mass is 19.1. The summed E-state index contributed by atoms with van der Waals surface area (Å²) in [6.07, 6.45) is 0. The third-order valence-corrected chi connectivity index (χ3v) is 2.69. The van der Waals surface area contributed by atoms with Gasteiger partial charge in [0, 0.05) is 19.2 Å². The van der Waals surface area contributed by atoms with Crippen LogP contribution in [0.25, 0.3) is 0 Å². The van der Waals surface area contributed by atoms with Crippen molar-refractivity contribution in [3.8, 4) is 5.75 Å². The molecule has 2 rings (SSSR count). The monoisotopic (exact) mass is 254 g/mol. The molecule has 0 aliphatic carbocycles. The van der Waals surface area contributed by atoms with Gasteiger partial charge in [-0.3, -0.25) is 4.79 Å². The van der Waals surface area contributed by atoms with E-state index in [1.165, 1.54) is 18.2 Å². The van der Waals surface area contributed by atoms with Crippen molar-refractivity contribution < 1.29 is 18.7 Å². The summed E-state index contributed by atoms with van der Waals surface area (Å²) in [5, 5.41) is 0. The maximum absolute atomic E-state index is 13.0. The van der Waals surface area contributed by atoms with E-state index >= 15 is 0 Å². The van der Waals surface area contributed by atoms with Crippen LogP contribution in [0.1, 0.15) is 0 Å². The number of hydrogen-bond acceptors (Lipinski definition) is 4. The molecule has 0 spiro atoms. The van der Waals surface area contributed by atoms with E-state index in [1.54, 1.807) is 4.90 Å². The van der Waals surface area contributed by atoms with Gasteiger partial charge in [0.25, 0.3) is 5.91 Å². The van der Waals surface area contributed by atoms with Gasteiger partial charge in [0.15, 0.2) is 6.61 Å². The summed E-state index contributed by atoms with van der Waals surface area (Å²) in [6.45, 7) is 2.04. The van der Waals surface area contributed by atoms with Crippen LogP contribution in [0.2, 0.25) is 0 Å². The predicted molar refractivity (Wildman–Crippen MR) is 63.7 cm³/mol. The van der Waals surface area contributed by atoms with Crippen molar-refractivity contribution in [1.82, 2.24) is 4.90 Å². The summed E-state index contributed by atoms with van der Waals surface area (Å²) in [4.78, 5) is 13.4. The normalized spacial score (nSPS) is 15.5. The van der Waals surface area contributed by atoms with Gasteiger partial charge in [-0.25, -0.2) is 4.39 Å². The Morgan fingerprint density at radius 3 is 2.89 bits per heavy atom. The standard InChI is InChI=1S/C12H15FN2O3/c13-9-1-2-10(14)11(7-9)18-8-12(16)15-3-5-17-6-4-15/h1-2,7H,3-6,8,14H2. The number of anilines is 1. The van der Waals surface area contributed by atoms with Gasteiger partial charge in [-0.2, -0.15) is 0 Å². The van der Waals surface area contributed by atoms with Gasteiger partial charge in [0.1, 0.15) is 11.6 Å². The maximum atomic E-state index is 13.0. The number of nitrogens with two attached hydrogens (primary N) is 1. The van der Waals surface area contributed by atoms with E-state index in [-0.39, 0.29) is 18.3 Å². The number of carbonyl (C=O) groups excluding carboxylic acids is 1. The second kappa shape index (κ2) is 5.68. The minimum absolute atomic E-state index is 0.145. The van der Waals surface area contributed by atoms with Crippen LogP contribution in [0.4, 0.5) is 10.1 Å². The lowest BCUT2D eigenvalue weighted by Crippen LogP contribution is -2.43. The fraction of sp³-hybridized carbons (Fsp3) is 0.417. The summed E-state index contributed by atoms with van der Waals surface area (Å²) in [5.41, 5.74) is 5.93. The number of morpholine rings is 1. The van der Waals surface area contributed by atoms with Crippen molar-refractivity contribution >= 4 is 11.6 Å². The van der Waals surface area contributed by atoms with Crippen LogP contribution >= 0.6 is 0 Å². The molecule has 1 aromatic carbocycles. The first-order valence-corrected chi connectivity index (χ1v) is 5.70. The number of halogens is 1. The van der Waals surface area contributed by atoms with Crippen LogP contribution in [0.15, 0.2) is 18.2 Å². The van der Waals surface area contributed by atoms with E-state index in [2.05, 4.69) is 0 Å². The second-order valence-corrected chi connectivity index (χ2v) is 3.96. The highest BCUT2D eigenvalue weighted by Gasteiger charge is 2.17. The summed E-state index contributed by atoms with van der Waals surface area (Å²) >= 11 is 0. The van der Waals surface area contributed by atoms with E-state index in [0.29, 0.717) is 32.0 Å². The maximum Gasteiger partial charge on any atom is 0.260 e. The molecule has 6 heteroatoms. The van der Waals surface area contributed by atoms with Gasteiger partial charge in [0.2, 0.25) is 0 Å². The first kappa shape index (κ1) is 12.6. The van der Waals surface area contributed by atoms with E-state index in [4.69, 9.17) is 15.2 Å². The Bertz CT molecular complexity index is 433. The highest BCUT2D eigenvalue weighted by molar-refractivity contribution is 5.78. The molecule has 2 N–H and O–H groups in total. The van der Waals surface area contributed by atoms with Crippen LogP contribution in [0.5, 0.6) is 5.75 Å². The van der Waals surface area contributed by atoms with Crippen LogP contribution in [-0.4, -0.2) is 43.7 Å². The molecule has 1 aliphatic heterocycles. The van der Waals surface area contributed by atoms with Crippen molar-refractivity contribution in [2.45, 2.75) is 0 Å². The summed E-state index contributed by atoms with van der Waals surface area (Å²) in [6, 6.07) is 3.82. The molecule has 0 radical (unpaired) electrons. The molecule has 1 fully saturated rings. The zero-order valence-electron chi connectivity index (χ0n) is 9.89. The highest BCUT2D eigenvalue weighted by Crippen LogP contribution is 2.21. The number of nitrogen functional groups attached to an aromatic ring is 1. The van der Waals surface area contributed by atoms with Gasteiger partial charge in [0.05, 0.1) is 18.9 Å². The van der Waals surface area contributed by atoms with Crippen LogP contribution in [-0.2, 0) is 9.53 Å². The molecule has 1 heterocycles. The number of amides is 1. The van der Waals surface area contributed by atoms with Gasteiger partial charge >= 0.3 is 0 Å². The summed E-state index contributed by atoms with van der Waals surface area (Å²) in [7, 11) is 0. The van der Waals surface area contributed by atoms with Crippen molar-refractivity contribution in [3.63, 3.8) is 0 Å². The molecule has 98 valence electrons. The molecular weight excluding hydrogens is 239 g/mol. The van der Waals surface area contributed by atoms with Crippen LogP contribution < -0.4 is 10.5 Å². The molecule has 1 saturated heterocycles. The Labute approximate surface area is 104 Å². The van der Waals surface area contributed by atoms with Crippen molar-refractivity contribution in [1.29, 1.82) is 0 Å². The third kappa shape index (κ3) is 3.10. The fourth-order valence-corrected chi connectivity index (χ4v) is 1.68. The zero-order chi connectivity index (χ0) is 13.0. The minimum Gasteiger partial charge on any atom is -0.482 e. The Hall–Kier alpha value is -1.82. The van der Waals surface area contributed by atoms with E-state index < -0.39 is 5.82 Å². The van der Waals surface area contributed by atoms with Crippen molar-refractivity contribution in [3.05, 3.63) is 24.0 Å². The van der Waals surface area contributed by atoms with E-state index in [9.17, 15) is 9.18 Å². The number of carbonyl (C=O) groups is 1. The third-order valence-electron chi connectivity index (χ3n) is 2.69. The number of rotatable bonds is 3. The lowest BCUT2D eigenvalue weighted by Gasteiger charge is -2.26. The second-order valence-electron chi connectivity index (χ2n) is 3.96. The largest absolute Gasteiger partial charge is 0.482 e. The molecule has 1 aliphatic rings. The molecule has 0 atom stereocenters. The Morgan fingerprint density at radius 1 is 1.44 bits per heavy atom. The molecule has 0 bridgehead atoms. The van der Waals surface area contributed by atoms with Crippen molar-refractivity contribution in [2.75, 3.05) is 38.6 Å². The number of nitrogens with zero attached hydrogens (tertiary/aromatic N) is 1. The van der Waals surface area contributed by atoms with Gasteiger partial charge in [-0.05, 0) is 12.1 Å². The topological polar surface area (TPSA) is 64.8 Å². The van der Waals surface area contributed by atoms with E-state index in [1.807, 2.05) is 0 Å². The molecule has 0 unspecified atom stereocenters. The molecule has 0 saturated carbocycles. The molecule has 1 amide bonds. The Kier molecular flexibility index (Phi) is 3.99. The Morgan fingerprint density at radius 2 is 2.17 bits per heavy atom. The summed E-state index contributed by atoms with van der Waals surface area (Å²) < 4.78 is 23.4. The molecule has 18 heavy (non-hydrogen) atoms. The van der Waals surface area contributed by atoms with Crippen LogP contribution in [0, 0.1) is 5.82 Å². The van der Waals surface area contributed by atoms with E-state index in [0.717, 1.165) is 0 Å². The first-order chi connectivity index (χ1) is 8.66. The average molecular weight is 254 g/mol. The van der Waals surface area contributed by atoms with Gasteiger partial charge < -0.3 is 20.1 Å². The smallest absolute Gasteiger partial charge is 0.260 e. The number of hydrogen-bond donors (Lipinski definition) is 1. The zero-order valence-corrected chi connectivity index (χ0v) is 9.89. The SMILES string of the molecule is Nc1ccc(F)cc1OCC(=O)N1CCOCC1. The quantitative estimate of drug-likeness (QED) is 0.804. The predicted octanol–water partition coefficient (Wildman–Crippen LogP) is 0.645. The fourth-order valence-electron chi connectivity index (χ4n) is 1.68. The lowest BCUT2D eigenvalue weighted by atomic mass is 10.3. The molecule has 0 aromatic heterocycles. The minimum atomic E-state index is -0.446. The van der Waals surface area contributed by atoms with Crippen LogP contribution in [0.3, 0.4) is 0 Å². The molecule has 5 nitrogen and oxygen atoms in total. The molecule has 1 aromatic rings. The molecular formula is C12H15FN2O3. The Balaban J connectivity index is 1.90. The summed E-state index contributed by atoms with van der Waals surface area (Å²) in [5.74, 6) is -0.406. The average Bonchev–Trinajstić information content (AvgIpc) is 2.40. The number of ether oxygens (including phenoxy) is 2. The lowest BCUT2D eigenvalue weighted by molar-refractivity contribution is -0.137. The van der Waals surface area contributed by atoms with Crippen molar-refractivity contribution in [2.24, 2.45) is 0 Å². The van der Waals surface area contributed by atoms with Gasteiger partial charge in [-0.15, -0.1) is 0 Å². The van der Waals surface area contributed by atoms with Gasteiger partial charge in [-0.1, -0.05) is 0 Å².